The van der Waals surface area contributed by atoms with Gasteiger partial charge in [-0.1, -0.05) is 6.92 Å². The van der Waals surface area contributed by atoms with Gasteiger partial charge in [-0.3, -0.25) is 10.2 Å². The van der Waals surface area contributed by atoms with Crippen LogP contribution in [0.1, 0.15) is 40.5 Å². The summed E-state index contributed by atoms with van der Waals surface area (Å²) in [5.74, 6) is -0.187. The van der Waals surface area contributed by atoms with Gasteiger partial charge in [-0.2, -0.15) is 0 Å². The van der Waals surface area contributed by atoms with E-state index in [9.17, 15) is 9.59 Å². The minimum Gasteiger partial charge on any atom is -0.444 e. The van der Waals surface area contributed by atoms with Crippen molar-refractivity contribution >= 4 is 12.0 Å². The van der Waals surface area contributed by atoms with E-state index in [1.165, 1.54) is 0 Å². The molecule has 1 saturated heterocycles. The van der Waals surface area contributed by atoms with Crippen molar-refractivity contribution in [1.29, 1.82) is 0 Å². The third-order valence-electron chi connectivity index (χ3n) is 3.22. The number of piperidine rings is 1. The summed E-state index contributed by atoms with van der Waals surface area (Å²) in [6.07, 6.45) is 1.30. The van der Waals surface area contributed by atoms with Crippen molar-refractivity contribution in [3.8, 4) is 0 Å². The van der Waals surface area contributed by atoms with Gasteiger partial charge in [-0.05, 0) is 33.6 Å². The summed E-state index contributed by atoms with van der Waals surface area (Å²) in [7, 11) is 1.83. The molecule has 1 N–H and O–H groups in total. The molecule has 0 aromatic heterocycles. The van der Waals surface area contributed by atoms with Crippen LogP contribution in [0, 0.1) is 5.92 Å². The van der Waals surface area contributed by atoms with E-state index in [1.54, 1.807) is 9.91 Å². The molecule has 116 valence electrons. The van der Waals surface area contributed by atoms with Crippen LogP contribution in [0.5, 0.6) is 0 Å². The smallest absolute Gasteiger partial charge is 0.410 e. The first-order valence-electron chi connectivity index (χ1n) is 7.22. The zero-order chi connectivity index (χ0) is 15.3. The average Bonchev–Trinajstić information content (AvgIpc) is 2.36. The fourth-order valence-corrected chi connectivity index (χ4v) is 2.04. The average molecular weight is 285 g/mol. The summed E-state index contributed by atoms with van der Waals surface area (Å²) in [6.45, 7) is 9.32. The SMILES string of the molecule is CCN(C)NC(=O)[C@H]1CCCN(C(=O)OC(C)(C)C)C1. The lowest BCUT2D eigenvalue weighted by Gasteiger charge is -2.34. The minimum atomic E-state index is -0.505. The number of nitrogens with one attached hydrogen (secondary N) is 1. The number of hydrogen-bond acceptors (Lipinski definition) is 4. The fourth-order valence-electron chi connectivity index (χ4n) is 2.04. The molecule has 6 nitrogen and oxygen atoms in total. The van der Waals surface area contributed by atoms with Crippen LogP contribution in [0.2, 0.25) is 0 Å². The summed E-state index contributed by atoms with van der Waals surface area (Å²) in [6, 6.07) is 0. The molecule has 1 heterocycles. The molecular weight excluding hydrogens is 258 g/mol. The van der Waals surface area contributed by atoms with Crippen LogP contribution in [0.15, 0.2) is 0 Å². The monoisotopic (exact) mass is 285 g/mol. The lowest BCUT2D eigenvalue weighted by molar-refractivity contribution is -0.130. The van der Waals surface area contributed by atoms with Crippen LogP contribution in [-0.4, -0.2) is 54.2 Å². The van der Waals surface area contributed by atoms with Gasteiger partial charge in [-0.25, -0.2) is 9.80 Å². The highest BCUT2D eigenvalue weighted by atomic mass is 16.6. The Kier molecular flexibility index (Phi) is 5.80. The Labute approximate surface area is 121 Å². The summed E-state index contributed by atoms with van der Waals surface area (Å²) in [4.78, 5) is 25.7. The number of hydrazine groups is 1. The van der Waals surface area contributed by atoms with Crippen molar-refractivity contribution in [2.45, 2.75) is 46.1 Å². The number of carbonyl (C=O) groups is 2. The third kappa shape index (κ3) is 5.36. The Morgan fingerprint density at radius 1 is 1.40 bits per heavy atom. The lowest BCUT2D eigenvalue weighted by Crippen LogP contribution is -2.49. The van der Waals surface area contributed by atoms with E-state index in [0.29, 0.717) is 13.1 Å². The molecule has 1 atom stereocenters. The number of hydrogen-bond donors (Lipinski definition) is 1. The minimum absolute atomic E-state index is 0.0254. The largest absolute Gasteiger partial charge is 0.444 e. The molecule has 20 heavy (non-hydrogen) atoms. The van der Waals surface area contributed by atoms with Crippen molar-refractivity contribution in [2.75, 3.05) is 26.7 Å². The Balaban J connectivity index is 2.54. The Bertz CT molecular complexity index is 352. The molecule has 0 aliphatic carbocycles. The molecule has 1 aliphatic heterocycles. The van der Waals surface area contributed by atoms with Crippen LogP contribution < -0.4 is 5.43 Å². The highest BCUT2D eigenvalue weighted by molar-refractivity contribution is 5.79. The lowest BCUT2D eigenvalue weighted by atomic mass is 9.98. The maximum absolute atomic E-state index is 12.1. The van der Waals surface area contributed by atoms with Gasteiger partial charge in [0.05, 0.1) is 5.92 Å². The number of rotatable bonds is 3. The van der Waals surface area contributed by atoms with Crippen molar-refractivity contribution in [3.63, 3.8) is 0 Å². The molecule has 0 spiro atoms. The Morgan fingerprint density at radius 3 is 2.60 bits per heavy atom. The second-order valence-electron chi connectivity index (χ2n) is 6.26. The van der Waals surface area contributed by atoms with Crippen LogP contribution in [0.3, 0.4) is 0 Å². The maximum atomic E-state index is 12.1. The molecule has 0 aromatic rings. The molecule has 1 fully saturated rings. The van der Waals surface area contributed by atoms with E-state index in [-0.39, 0.29) is 17.9 Å². The Hall–Kier alpha value is -1.30. The van der Waals surface area contributed by atoms with Crippen LogP contribution in [0.25, 0.3) is 0 Å². The first kappa shape index (κ1) is 16.8. The third-order valence-corrected chi connectivity index (χ3v) is 3.22. The first-order chi connectivity index (χ1) is 9.23. The molecule has 0 saturated carbocycles. The van der Waals surface area contributed by atoms with Crippen molar-refractivity contribution in [3.05, 3.63) is 0 Å². The van der Waals surface area contributed by atoms with Gasteiger partial charge in [0.25, 0.3) is 0 Å². The molecule has 1 rings (SSSR count). The van der Waals surface area contributed by atoms with Crippen molar-refractivity contribution in [1.82, 2.24) is 15.3 Å². The molecule has 1 aliphatic rings. The number of amides is 2. The molecular formula is C14H27N3O3. The van der Waals surface area contributed by atoms with Gasteiger partial charge in [0.15, 0.2) is 0 Å². The van der Waals surface area contributed by atoms with E-state index in [0.717, 1.165) is 19.4 Å². The van der Waals surface area contributed by atoms with E-state index in [2.05, 4.69) is 5.43 Å². The molecule has 0 unspecified atom stereocenters. The second-order valence-corrected chi connectivity index (χ2v) is 6.26. The van der Waals surface area contributed by atoms with Crippen molar-refractivity contribution in [2.24, 2.45) is 5.92 Å². The summed E-state index contributed by atoms with van der Waals surface area (Å²) in [5.41, 5.74) is 2.32. The van der Waals surface area contributed by atoms with Crippen molar-refractivity contribution < 1.29 is 14.3 Å². The number of likely N-dealkylation sites (tertiary alicyclic amines) is 1. The van der Waals surface area contributed by atoms with Gasteiger partial charge < -0.3 is 9.64 Å². The summed E-state index contributed by atoms with van der Waals surface area (Å²) in [5, 5.41) is 1.74. The second kappa shape index (κ2) is 6.92. The maximum Gasteiger partial charge on any atom is 0.410 e. The predicted molar refractivity (Wildman–Crippen MR) is 77.0 cm³/mol. The van der Waals surface area contributed by atoms with Gasteiger partial charge in [0.1, 0.15) is 5.60 Å². The fraction of sp³-hybridized carbons (Fsp3) is 0.857. The summed E-state index contributed by atoms with van der Waals surface area (Å²) >= 11 is 0. The van der Waals surface area contributed by atoms with Gasteiger partial charge in [0, 0.05) is 26.7 Å². The van der Waals surface area contributed by atoms with Crippen LogP contribution in [-0.2, 0) is 9.53 Å². The highest BCUT2D eigenvalue weighted by Gasteiger charge is 2.31. The normalized spacial score (nSPS) is 19.9. The van der Waals surface area contributed by atoms with Crippen LogP contribution in [0.4, 0.5) is 4.79 Å². The molecule has 0 aromatic carbocycles. The predicted octanol–water partition coefficient (Wildman–Crippen LogP) is 1.62. The molecule has 0 bridgehead atoms. The van der Waals surface area contributed by atoms with Crippen LogP contribution >= 0.6 is 0 Å². The molecule has 0 radical (unpaired) electrons. The highest BCUT2D eigenvalue weighted by Crippen LogP contribution is 2.19. The topological polar surface area (TPSA) is 61.9 Å². The number of carbonyl (C=O) groups excluding carboxylic acids is 2. The number of nitrogens with zero attached hydrogens (tertiary/aromatic N) is 2. The zero-order valence-electron chi connectivity index (χ0n) is 13.2. The van der Waals surface area contributed by atoms with E-state index < -0.39 is 5.60 Å². The van der Waals surface area contributed by atoms with E-state index in [4.69, 9.17) is 4.74 Å². The standard InChI is InChI=1S/C14H27N3O3/c1-6-16(5)15-12(18)11-8-7-9-17(10-11)13(19)20-14(2,3)4/h11H,6-10H2,1-5H3,(H,15,18)/t11-/m0/s1. The van der Waals surface area contributed by atoms with E-state index in [1.807, 2.05) is 34.7 Å². The number of ether oxygens (including phenoxy) is 1. The quantitative estimate of drug-likeness (QED) is 0.800. The molecule has 2 amide bonds. The van der Waals surface area contributed by atoms with Gasteiger partial charge in [0.2, 0.25) is 5.91 Å². The molecule has 6 heteroatoms. The first-order valence-corrected chi connectivity index (χ1v) is 7.22. The summed E-state index contributed by atoms with van der Waals surface area (Å²) < 4.78 is 5.35. The zero-order valence-corrected chi connectivity index (χ0v) is 13.2. The van der Waals surface area contributed by atoms with E-state index >= 15 is 0 Å². The van der Waals surface area contributed by atoms with Gasteiger partial charge in [-0.15, -0.1) is 0 Å². The Morgan fingerprint density at radius 2 is 2.05 bits per heavy atom. The van der Waals surface area contributed by atoms with Gasteiger partial charge >= 0.3 is 6.09 Å².